The molecular weight excluding hydrogens is 384 g/mol. The second-order valence-corrected chi connectivity index (χ2v) is 8.03. The number of nitrogens with zero attached hydrogens (tertiary/aromatic N) is 2. The molecule has 2 heterocycles. The first-order chi connectivity index (χ1) is 14.5. The van der Waals surface area contributed by atoms with E-state index in [0.717, 1.165) is 44.0 Å². The fourth-order valence-electron chi connectivity index (χ4n) is 3.52. The Morgan fingerprint density at radius 2 is 1.93 bits per heavy atom. The first-order valence-electron chi connectivity index (χ1n) is 10.4. The van der Waals surface area contributed by atoms with Crippen molar-refractivity contribution in [3.8, 4) is 17.4 Å². The molecule has 1 aliphatic heterocycles. The molecule has 0 atom stereocenters. The zero-order valence-electron chi connectivity index (χ0n) is 18.2. The summed E-state index contributed by atoms with van der Waals surface area (Å²) in [6.45, 7) is 7.74. The summed E-state index contributed by atoms with van der Waals surface area (Å²) in [6, 6.07) is 8.17. The summed E-state index contributed by atoms with van der Waals surface area (Å²) in [6.07, 6.45) is 1.97. The number of likely N-dealkylation sites (tertiary alicyclic amines) is 1. The lowest BCUT2D eigenvalue weighted by Crippen LogP contribution is -2.39. The summed E-state index contributed by atoms with van der Waals surface area (Å²) in [5.74, 6) is 2.99. The van der Waals surface area contributed by atoms with E-state index in [9.17, 15) is 4.79 Å². The fraction of sp³-hybridized carbons (Fsp3) is 0.545. The Hall–Kier alpha value is -2.74. The number of hydrogen-bond acceptors (Lipinski definition) is 7. The normalized spacial score (nSPS) is 15.2. The summed E-state index contributed by atoms with van der Waals surface area (Å²) in [7, 11) is 3.17. The molecular formula is C22H32N4O4. The van der Waals surface area contributed by atoms with E-state index < -0.39 is 5.69 Å². The first kappa shape index (κ1) is 22.0. The molecule has 1 aromatic heterocycles. The molecule has 30 heavy (non-hydrogen) atoms. The second-order valence-electron chi connectivity index (χ2n) is 8.03. The van der Waals surface area contributed by atoms with Gasteiger partial charge in [-0.15, -0.1) is 0 Å². The van der Waals surface area contributed by atoms with E-state index in [1.165, 1.54) is 12.7 Å². The molecule has 2 aromatic rings. The van der Waals surface area contributed by atoms with Gasteiger partial charge >= 0.3 is 5.69 Å². The van der Waals surface area contributed by atoms with Gasteiger partial charge in [0.15, 0.2) is 11.5 Å². The maximum atomic E-state index is 11.6. The van der Waals surface area contributed by atoms with Crippen LogP contribution in [0.1, 0.15) is 32.3 Å². The van der Waals surface area contributed by atoms with Crippen LogP contribution >= 0.6 is 0 Å². The molecule has 3 rings (SSSR count). The van der Waals surface area contributed by atoms with E-state index in [4.69, 9.17) is 14.2 Å². The summed E-state index contributed by atoms with van der Waals surface area (Å²) in [5, 5.41) is 3.39. The van der Waals surface area contributed by atoms with E-state index in [-0.39, 0.29) is 0 Å². The highest BCUT2D eigenvalue weighted by Crippen LogP contribution is 2.29. The van der Waals surface area contributed by atoms with Gasteiger partial charge < -0.3 is 19.5 Å². The number of benzene rings is 1. The molecule has 164 valence electrons. The van der Waals surface area contributed by atoms with Gasteiger partial charge in [0.1, 0.15) is 5.82 Å². The fourth-order valence-corrected chi connectivity index (χ4v) is 3.52. The topological polar surface area (TPSA) is 88.7 Å². The molecule has 1 aromatic carbocycles. The summed E-state index contributed by atoms with van der Waals surface area (Å²) in [5.41, 5.74) is 0.799. The Kier molecular flexibility index (Phi) is 7.57. The Bertz CT molecular complexity index is 876. The lowest BCUT2D eigenvalue weighted by Gasteiger charge is -2.32. The maximum Gasteiger partial charge on any atom is 0.349 e. The SMILES string of the molecule is COc1cc(NC2CCN(Cc3ccc(OC)c(OCC(C)C)c3)CC2)[nH]c(=O)n1. The van der Waals surface area contributed by atoms with Crippen LogP contribution in [0.25, 0.3) is 0 Å². The first-order valence-corrected chi connectivity index (χ1v) is 10.4. The summed E-state index contributed by atoms with van der Waals surface area (Å²) >= 11 is 0. The van der Waals surface area contributed by atoms with Crippen molar-refractivity contribution in [2.24, 2.45) is 5.92 Å². The number of nitrogens with one attached hydrogen (secondary N) is 2. The Morgan fingerprint density at radius 3 is 2.60 bits per heavy atom. The molecule has 0 saturated carbocycles. The molecule has 0 aliphatic carbocycles. The van der Waals surface area contributed by atoms with Crippen molar-refractivity contribution in [1.82, 2.24) is 14.9 Å². The third-order valence-corrected chi connectivity index (χ3v) is 5.08. The van der Waals surface area contributed by atoms with Crippen LogP contribution in [0.15, 0.2) is 29.1 Å². The Morgan fingerprint density at radius 1 is 1.17 bits per heavy atom. The largest absolute Gasteiger partial charge is 0.493 e. The van der Waals surface area contributed by atoms with E-state index in [1.54, 1.807) is 13.2 Å². The van der Waals surface area contributed by atoms with E-state index >= 15 is 0 Å². The van der Waals surface area contributed by atoms with Crippen molar-refractivity contribution in [1.29, 1.82) is 0 Å². The van der Waals surface area contributed by atoms with Crippen LogP contribution in [-0.4, -0.2) is 54.8 Å². The van der Waals surface area contributed by atoms with Gasteiger partial charge in [0.2, 0.25) is 5.88 Å². The molecule has 0 unspecified atom stereocenters. The molecule has 8 heteroatoms. The van der Waals surface area contributed by atoms with Gasteiger partial charge in [-0.1, -0.05) is 19.9 Å². The molecule has 0 spiro atoms. The number of hydrogen-bond donors (Lipinski definition) is 2. The lowest BCUT2D eigenvalue weighted by molar-refractivity contribution is 0.210. The summed E-state index contributed by atoms with van der Waals surface area (Å²) in [4.78, 5) is 20.5. The molecule has 1 fully saturated rings. The highest BCUT2D eigenvalue weighted by molar-refractivity contribution is 5.43. The number of methoxy groups -OCH3 is 2. The number of aromatic amines is 1. The van der Waals surface area contributed by atoms with Crippen LogP contribution in [0, 0.1) is 5.92 Å². The van der Waals surface area contributed by atoms with Gasteiger partial charge in [-0.3, -0.25) is 9.88 Å². The van der Waals surface area contributed by atoms with Crippen LogP contribution < -0.4 is 25.2 Å². The number of H-pyrrole nitrogens is 1. The Labute approximate surface area is 177 Å². The molecule has 8 nitrogen and oxygen atoms in total. The number of aromatic nitrogens is 2. The van der Waals surface area contributed by atoms with Gasteiger partial charge in [-0.2, -0.15) is 4.98 Å². The molecule has 0 bridgehead atoms. The van der Waals surface area contributed by atoms with E-state index in [0.29, 0.717) is 30.3 Å². The minimum absolute atomic E-state index is 0.296. The van der Waals surface area contributed by atoms with Gasteiger partial charge in [-0.05, 0) is 36.5 Å². The lowest BCUT2D eigenvalue weighted by atomic mass is 10.0. The quantitative estimate of drug-likeness (QED) is 0.650. The molecule has 2 N–H and O–H groups in total. The standard InChI is InChI=1S/C22H32N4O4/c1-15(2)14-30-19-11-16(5-6-18(19)28-3)13-26-9-7-17(8-10-26)23-20-12-21(29-4)25-22(27)24-20/h5-6,11-12,15,17H,7-10,13-14H2,1-4H3,(H2,23,24,25,27). The second kappa shape index (κ2) is 10.3. The highest BCUT2D eigenvalue weighted by atomic mass is 16.5. The number of ether oxygens (including phenoxy) is 3. The monoisotopic (exact) mass is 416 g/mol. The third kappa shape index (κ3) is 6.13. The number of piperidine rings is 1. The predicted octanol–water partition coefficient (Wildman–Crippen LogP) is 2.90. The average Bonchev–Trinajstić information content (AvgIpc) is 2.73. The Balaban J connectivity index is 1.55. The van der Waals surface area contributed by atoms with Crippen LogP contribution in [0.3, 0.4) is 0 Å². The van der Waals surface area contributed by atoms with Gasteiger partial charge in [-0.25, -0.2) is 4.79 Å². The van der Waals surface area contributed by atoms with Crippen LogP contribution in [-0.2, 0) is 6.54 Å². The van der Waals surface area contributed by atoms with E-state index in [1.807, 2.05) is 6.07 Å². The smallest absolute Gasteiger partial charge is 0.349 e. The molecule has 0 radical (unpaired) electrons. The predicted molar refractivity (Wildman–Crippen MR) is 117 cm³/mol. The minimum atomic E-state index is -0.413. The maximum absolute atomic E-state index is 11.6. The van der Waals surface area contributed by atoms with Gasteiger partial charge in [0.05, 0.1) is 20.8 Å². The molecule has 1 aliphatic rings. The third-order valence-electron chi connectivity index (χ3n) is 5.08. The zero-order chi connectivity index (χ0) is 21.5. The van der Waals surface area contributed by atoms with E-state index in [2.05, 4.69) is 46.2 Å². The van der Waals surface area contributed by atoms with Crippen molar-refractivity contribution in [2.75, 3.05) is 39.2 Å². The van der Waals surface area contributed by atoms with Gasteiger partial charge in [0.25, 0.3) is 0 Å². The summed E-state index contributed by atoms with van der Waals surface area (Å²) < 4.78 is 16.4. The highest BCUT2D eigenvalue weighted by Gasteiger charge is 2.20. The number of rotatable bonds is 9. The average molecular weight is 417 g/mol. The molecule has 0 amide bonds. The van der Waals surface area contributed by atoms with Crippen LogP contribution in [0.4, 0.5) is 5.82 Å². The van der Waals surface area contributed by atoms with Gasteiger partial charge in [0, 0.05) is 31.7 Å². The molecule has 1 saturated heterocycles. The van der Waals surface area contributed by atoms with Crippen molar-refractivity contribution in [2.45, 2.75) is 39.3 Å². The number of anilines is 1. The van der Waals surface area contributed by atoms with Crippen molar-refractivity contribution >= 4 is 5.82 Å². The van der Waals surface area contributed by atoms with Crippen molar-refractivity contribution < 1.29 is 14.2 Å². The van der Waals surface area contributed by atoms with Crippen LogP contribution in [0.2, 0.25) is 0 Å². The van der Waals surface area contributed by atoms with Crippen molar-refractivity contribution in [3.63, 3.8) is 0 Å². The zero-order valence-corrected chi connectivity index (χ0v) is 18.2. The van der Waals surface area contributed by atoms with Crippen molar-refractivity contribution in [3.05, 3.63) is 40.3 Å². The minimum Gasteiger partial charge on any atom is -0.493 e. The van der Waals surface area contributed by atoms with Crippen LogP contribution in [0.5, 0.6) is 17.4 Å².